The Bertz CT molecular complexity index is 1040. The molecule has 0 unspecified atom stereocenters. The molecule has 0 aromatic heterocycles. The van der Waals surface area contributed by atoms with Gasteiger partial charge in [0.15, 0.2) is 0 Å². The van der Waals surface area contributed by atoms with Gasteiger partial charge in [0.1, 0.15) is 5.75 Å². The van der Waals surface area contributed by atoms with E-state index < -0.39 is 11.0 Å². The SMILES string of the molecule is COc1ccc(NC(=O)Nc2ccccc2Sc2cc(Cl)ccc2[N+](=O)[O-])cc1. The Morgan fingerprint density at radius 1 is 1.03 bits per heavy atom. The molecule has 0 fully saturated rings. The lowest BCUT2D eigenvalue weighted by Gasteiger charge is -2.12. The number of carbonyl (C=O) groups is 1. The number of carbonyl (C=O) groups excluding carboxylic acids is 1. The highest BCUT2D eigenvalue weighted by Gasteiger charge is 2.17. The molecule has 0 radical (unpaired) electrons. The van der Waals surface area contributed by atoms with Crippen LogP contribution >= 0.6 is 23.4 Å². The predicted octanol–water partition coefficient (Wildman–Crippen LogP) is 6.05. The molecule has 0 saturated heterocycles. The van der Waals surface area contributed by atoms with Crippen molar-refractivity contribution < 1.29 is 14.5 Å². The van der Waals surface area contributed by atoms with Crippen LogP contribution < -0.4 is 15.4 Å². The van der Waals surface area contributed by atoms with Crippen molar-refractivity contribution in [2.45, 2.75) is 9.79 Å². The van der Waals surface area contributed by atoms with Crippen molar-refractivity contribution in [2.75, 3.05) is 17.7 Å². The predicted molar refractivity (Wildman–Crippen MR) is 114 cm³/mol. The minimum atomic E-state index is -0.467. The number of hydrogen-bond acceptors (Lipinski definition) is 5. The van der Waals surface area contributed by atoms with Crippen LogP contribution in [0, 0.1) is 10.1 Å². The number of para-hydroxylation sites is 1. The minimum Gasteiger partial charge on any atom is -0.497 e. The van der Waals surface area contributed by atoms with Crippen LogP contribution in [0.15, 0.2) is 76.5 Å². The maximum absolute atomic E-state index is 12.4. The number of urea groups is 1. The molecular weight excluding hydrogens is 414 g/mol. The van der Waals surface area contributed by atoms with Gasteiger partial charge in [-0.2, -0.15) is 0 Å². The summed E-state index contributed by atoms with van der Waals surface area (Å²) in [5.74, 6) is 0.681. The monoisotopic (exact) mass is 429 g/mol. The molecule has 2 N–H and O–H groups in total. The molecule has 3 aromatic rings. The lowest BCUT2D eigenvalue weighted by Crippen LogP contribution is -2.19. The molecule has 148 valence electrons. The summed E-state index contributed by atoms with van der Waals surface area (Å²) < 4.78 is 5.09. The van der Waals surface area contributed by atoms with Crippen LogP contribution in [0.5, 0.6) is 5.75 Å². The second-order valence-corrected chi connectivity index (χ2v) is 7.30. The van der Waals surface area contributed by atoms with Crippen molar-refractivity contribution in [3.63, 3.8) is 0 Å². The van der Waals surface area contributed by atoms with Gasteiger partial charge in [-0.15, -0.1) is 0 Å². The van der Waals surface area contributed by atoms with Gasteiger partial charge < -0.3 is 15.4 Å². The van der Waals surface area contributed by atoms with Crippen molar-refractivity contribution in [1.82, 2.24) is 0 Å². The van der Waals surface area contributed by atoms with Gasteiger partial charge in [-0.05, 0) is 48.5 Å². The van der Waals surface area contributed by atoms with Gasteiger partial charge in [-0.1, -0.05) is 35.5 Å². The number of nitrogens with one attached hydrogen (secondary N) is 2. The van der Waals surface area contributed by atoms with Crippen molar-refractivity contribution in [3.05, 3.63) is 81.9 Å². The van der Waals surface area contributed by atoms with Crippen LogP contribution in [0.1, 0.15) is 0 Å². The van der Waals surface area contributed by atoms with E-state index in [1.165, 1.54) is 18.2 Å². The molecular formula is C20H16ClN3O4S. The Hall–Kier alpha value is -3.23. The first kappa shape index (κ1) is 20.5. The molecule has 3 aromatic carbocycles. The van der Waals surface area contributed by atoms with Crippen molar-refractivity contribution >= 4 is 46.5 Å². The Kier molecular flexibility index (Phi) is 6.58. The lowest BCUT2D eigenvalue weighted by molar-refractivity contribution is -0.387. The summed E-state index contributed by atoms with van der Waals surface area (Å²) in [6.45, 7) is 0. The number of nitro benzene ring substituents is 1. The number of benzene rings is 3. The Morgan fingerprint density at radius 2 is 1.76 bits per heavy atom. The molecule has 0 spiro atoms. The van der Waals surface area contributed by atoms with Gasteiger partial charge >= 0.3 is 6.03 Å². The highest BCUT2D eigenvalue weighted by atomic mass is 35.5. The van der Waals surface area contributed by atoms with Crippen molar-refractivity contribution in [1.29, 1.82) is 0 Å². The molecule has 0 bridgehead atoms. The van der Waals surface area contributed by atoms with E-state index in [-0.39, 0.29) is 5.69 Å². The first-order valence-electron chi connectivity index (χ1n) is 8.39. The van der Waals surface area contributed by atoms with Crippen molar-refractivity contribution in [3.8, 4) is 5.75 Å². The zero-order valence-corrected chi connectivity index (χ0v) is 16.8. The number of halogens is 1. The molecule has 0 aliphatic rings. The number of methoxy groups -OCH3 is 1. The van der Waals surface area contributed by atoms with Gasteiger partial charge in [0.2, 0.25) is 0 Å². The summed E-state index contributed by atoms with van der Waals surface area (Å²) in [6.07, 6.45) is 0. The molecule has 9 heteroatoms. The van der Waals surface area contributed by atoms with E-state index in [0.717, 1.165) is 11.8 Å². The number of anilines is 2. The van der Waals surface area contributed by atoms with E-state index in [0.29, 0.717) is 31.9 Å². The first-order valence-corrected chi connectivity index (χ1v) is 9.58. The average Bonchev–Trinajstić information content (AvgIpc) is 2.70. The van der Waals surface area contributed by atoms with E-state index in [9.17, 15) is 14.9 Å². The fourth-order valence-electron chi connectivity index (χ4n) is 2.46. The number of ether oxygens (including phenoxy) is 1. The maximum atomic E-state index is 12.4. The molecule has 0 aliphatic carbocycles. The van der Waals surface area contributed by atoms with Gasteiger partial charge in [0, 0.05) is 21.7 Å². The van der Waals surface area contributed by atoms with Gasteiger partial charge in [-0.3, -0.25) is 10.1 Å². The van der Waals surface area contributed by atoms with Crippen LogP contribution in [-0.4, -0.2) is 18.1 Å². The van der Waals surface area contributed by atoms with Crippen LogP contribution in [0.3, 0.4) is 0 Å². The Balaban J connectivity index is 1.78. The van der Waals surface area contributed by atoms with E-state index in [4.69, 9.17) is 16.3 Å². The first-order chi connectivity index (χ1) is 14.0. The molecule has 0 atom stereocenters. The zero-order chi connectivity index (χ0) is 20.8. The smallest absolute Gasteiger partial charge is 0.323 e. The summed E-state index contributed by atoms with van der Waals surface area (Å²) in [6, 6.07) is 17.8. The minimum absolute atomic E-state index is 0.0584. The van der Waals surface area contributed by atoms with Crippen LogP contribution in [0.2, 0.25) is 5.02 Å². The second-order valence-electron chi connectivity index (χ2n) is 5.78. The van der Waals surface area contributed by atoms with E-state index in [2.05, 4.69) is 10.6 Å². The molecule has 0 saturated carbocycles. The highest BCUT2D eigenvalue weighted by molar-refractivity contribution is 7.99. The quantitative estimate of drug-likeness (QED) is 0.367. The zero-order valence-electron chi connectivity index (χ0n) is 15.2. The van der Waals surface area contributed by atoms with E-state index in [1.54, 1.807) is 55.6 Å². The van der Waals surface area contributed by atoms with Gasteiger partial charge in [0.05, 0.1) is 22.6 Å². The number of hydrogen-bond donors (Lipinski definition) is 2. The molecule has 2 amide bonds. The van der Waals surface area contributed by atoms with Gasteiger partial charge in [-0.25, -0.2) is 4.79 Å². The molecule has 0 heterocycles. The molecule has 0 aliphatic heterocycles. The standard InChI is InChI=1S/C20H16ClN3O4S/c1-28-15-9-7-14(8-10-15)22-20(25)23-16-4-2-3-5-18(16)29-19-12-13(21)6-11-17(19)24(26)27/h2-12H,1H3,(H2,22,23,25). The molecule has 7 nitrogen and oxygen atoms in total. The molecule has 29 heavy (non-hydrogen) atoms. The summed E-state index contributed by atoms with van der Waals surface area (Å²) in [4.78, 5) is 24.2. The van der Waals surface area contributed by atoms with E-state index >= 15 is 0 Å². The number of nitro groups is 1. The summed E-state index contributed by atoms with van der Waals surface area (Å²) in [5.41, 5.74) is 1.05. The fourth-order valence-corrected chi connectivity index (χ4v) is 3.74. The number of nitrogens with zero attached hydrogens (tertiary/aromatic N) is 1. The third kappa shape index (κ3) is 5.40. The highest BCUT2D eigenvalue weighted by Crippen LogP contribution is 2.39. The van der Waals surface area contributed by atoms with Crippen LogP contribution in [0.25, 0.3) is 0 Å². The largest absolute Gasteiger partial charge is 0.497 e. The average molecular weight is 430 g/mol. The maximum Gasteiger partial charge on any atom is 0.323 e. The fraction of sp³-hybridized carbons (Fsp3) is 0.0500. The van der Waals surface area contributed by atoms with Crippen LogP contribution in [-0.2, 0) is 0 Å². The third-order valence-electron chi connectivity index (χ3n) is 3.82. The second kappa shape index (κ2) is 9.31. The van der Waals surface area contributed by atoms with Crippen LogP contribution in [0.4, 0.5) is 21.9 Å². The summed E-state index contributed by atoms with van der Waals surface area (Å²) in [7, 11) is 1.56. The van der Waals surface area contributed by atoms with E-state index in [1.807, 2.05) is 0 Å². The summed E-state index contributed by atoms with van der Waals surface area (Å²) >= 11 is 7.15. The Labute approximate surface area is 176 Å². The lowest BCUT2D eigenvalue weighted by atomic mass is 10.3. The topological polar surface area (TPSA) is 93.5 Å². The number of amides is 2. The van der Waals surface area contributed by atoms with Gasteiger partial charge in [0.25, 0.3) is 5.69 Å². The van der Waals surface area contributed by atoms with Crippen molar-refractivity contribution in [2.24, 2.45) is 0 Å². The Morgan fingerprint density at radius 3 is 2.45 bits per heavy atom. The molecule has 3 rings (SSSR count). The number of rotatable bonds is 6. The summed E-state index contributed by atoms with van der Waals surface area (Å²) in [5, 5.41) is 17.2. The normalized spacial score (nSPS) is 10.3. The third-order valence-corrected chi connectivity index (χ3v) is 5.18.